The van der Waals surface area contributed by atoms with Crippen LogP contribution in [0.25, 0.3) is 5.78 Å². The highest BCUT2D eigenvalue weighted by atomic mass is 16.5. The number of carbonyl (C=O) groups excluding carboxylic acids is 3. The molecule has 0 saturated carbocycles. The van der Waals surface area contributed by atoms with Crippen LogP contribution in [-0.4, -0.2) is 51.6 Å². The monoisotopic (exact) mass is 355 g/mol. The number of benzene rings is 1. The second-order valence-corrected chi connectivity index (χ2v) is 5.04. The third kappa shape index (κ3) is 3.34. The van der Waals surface area contributed by atoms with Gasteiger partial charge in [0.2, 0.25) is 5.82 Å². The van der Waals surface area contributed by atoms with Crippen molar-refractivity contribution in [3.63, 3.8) is 0 Å². The van der Waals surface area contributed by atoms with Crippen molar-refractivity contribution in [1.29, 1.82) is 0 Å². The Morgan fingerprint density at radius 2 is 1.69 bits per heavy atom. The molecule has 26 heavy (non-hydrogen) atoms. The van der Waals surface area contributed by atoms with Crippen molar-refractivity contribution in [2.45, 2.75) is 0 Å². The predicted octanol–water partition coefficient (Wildman–Crippen LogP) is 0.950. The molecule has 0 aliphatic rings. The maximum absolute atomic E-state index is 12.4. The molecule has 3 aromatic rings. The van der Waals surface area contributed by atoms with Crippen LogP contribution in [0.4, 0.5) is 5.69 Å². The Labute approximate surface area is 146 Å². The van der Waals surface area contributed by atoms with Crippen LogP contribution >= 0.6 is 0 Å². The van der Waals surface area contributed by atoms with Crippen LogP contribution in [-0.2, 0) is 9.47 Å². The van der Waals surface area contributed by atoms with E-state index in [1.807, 2.05) is 0 Å². The molecule has 3 rings (SSSR count). The highest BCUT2D eigenvalue weighted by Crippen LogP contribution is 2.17. The summed E-state index contributed by atoms with van der Waals surface area (Å²) in [4.78, 5) is 43.9. The van der Waals surface area contributed by atoms with Gasteiger partial charge in [-0.15, -0.1) is 5.10 Å². The average molecular weight is 355 g/mol. The second-order valence-electron chi connectivity index (χ2n) is 5.04. The van der Waals surface area contributed by atoms with Gasteiger partial charge in [-0.2, -0.15) is 4.98 Å². The van der Waals surface area contributed by atoms with Crippen molar-refractivity contribution in [1.82, 2.24) is 19.6 Å². The molecule has 0 fully saturated rings. The molecular formula is C16H13N5O5. The van der Waals surface area contributed by atoms with E-state index in [-0.39, 0.29) is 28.4 Å². The fraction of sp³-hybridized carbons (Fsp3) is 0.125. The number of amides is 1. The maximum Gasteiger partial charge on any atom is 0.337 e. The summed E-state index contributed by atoms with van der Waals surface area (Å²) in [6.45, 7) is 0. The van der Waals surface area contributed by atoms with Gasteiger partial charge >= 0.3 is 11.9 Å². The highest BCUT2D eigenvalue weighted by Gasteiger charge is 2.17. The van der Waals surface area contributed by atoms with Gasteiger partial charge in [-0.05, 0) is 24.3 Å². The molecule has 10 heteroatoms. The molecule has 0 saturated heterocycles. The van der Waals surface area contributed by atoms with Crippen LogP contribution in [0.1, 0.15) is 31.3 Å². The number of hydrogen-bond donors (Lipinski definition) is 1. The number of nitrogens with one attached hydrogen (secondary N) is 1. The highest BCUT2D eigenvalue weighted by molar-refractivity contribution is 6.04. The van der Waals surface area contributed by atoms with Crippen molar-refractivity contribution in [3.8, 4) is 0 Å². The van der Waals surface area contributed by atoms with Crippen molar-refractivity contribution < 1.29 is 23.9 Å². The number of ether oxygens (including phenoxy) is 2. The lowest BCUT2D eigenvalue weighted by molar-refractivity contribution is 0.0599. The molecule has 1 N–H and O–H groups in total. The fourth-order valence-corrected chi connectivity index (χ4v) is 2.19. The van der Waals surface area contributed by atoms with E-state index in [4.69, 9.17) is 0 Å². The normalized spacial score (nSPS) is 10.4. The minimum absolute atomic E-state index is 0.0790. The lowest BCUT2D eigenvalue weighted by Gasteiger charge is -2.08. The number of rotatable bonds is 4. The Morgan fingerprint density at radius 3 is 2.27 bits per heavy atom. The Hall–Kier alpha value is -3.82. The number of hydrogen-bond acceptors (Lipinski definition) is 8. The van der Waals surface area contributed by atoms with Gasteiger partial charge in [-0.1, -0.05) is 0 Å². The first kappa shape index (κ1) is 17.0. The molecule has 0 aliphatic carbocycles. The van der Waals surface area contributed by atoms with E-state index >= 15 is 0 Å². The number of carbonyl (C=O) groups is 3. The second kappa shape index (κ2) is 6.97. The van der Waals surface area contributed by atoms with Crippen LogP contribution in [0.2, 0.25) is 0 Å². The molecular weight excluding hydrogens is 342 g/mol. The van der Waals surface area contributed by atoms with Gasteiger partial charge in [0.15, 0.2) is 0 Å². The summed E-state index contributed by atoms with van der Waals surface area (Å²) in [7, 11) is 2.41. The Morgan fingerprint density at radius 1 is 1.04 bits per heavy atom. The molecule has 0 spiro atoms. The first-order chi connectivity index (χ1) is 12.5. The summed E-state index contributed by atoms with van der Waals surface area (Å²) in [5.74, 6) is -1.82. The van der Waals surface area contributed by atoms with Gasteiger partial charge in [0.1, 0.15) is 0 Å². The summed E-state index contributed by atoms with van der Waals surface area (Å²) < 4.78 is 10.6. The molecule has 1 aromatic carbocycles. The SMILES string of the molecule is COC(=O)c1cc(NC(=O)c2nc3ncccn3n2)cc(C(=O)OC)c1. The lowest BCUT2D eigenvalue weighted by atomic mass is 10.1. The number of esters is 2. The first-order valence-electron chi connectivity index (χ1n) is 7.32. The zero-order chi connectivity index (χ0) is 18.7. The largest absolute Gasteiger partial charge is 0.465 e. The lowest BCUT2D eigenvalue weighted by Crippen LogP contribution is -2.15. The quantitative estimate of drug-likeness (QED) is 0.686. The van der Waals surface area contributed by atoms with Crippen LogP contribution < -0.4 is 5.32 Å². The fourth-order valence-electron chi connectivity index (χ4n) is 2.19. The van der Waals surface area contributed by atoms with Crippen LogP contribution in [0.3, 0.4) is 0 Å². The van der Waals surface area contributed by atoms with Gasteiger partial charge in [-0.25, -0.2) is 19.1 Å². The van der Waals surface area contributed by atoms with Gasteiger partial charge in [-0.3, -0.25) is 4.79 Å². The Balaban J connectivity index is 1.93. The predicted molar refractivity (Wildman–Crippen MR) is 87.9 cm³/mol. The molecule has 132 valence electrons. The molecule has 0 atom stereocenters. The van der Waals surface area contributed by atoms with E-state index in [0.29, 0.717) is 0 Å². The third-order valence-corrected chi connectivity index (χ3v) is 3.35. The van der Waals surface area contributed by atoms with Gasteiger partial charge < -0.3 is 14.8 Å². The zero-order valence-corrected chi connectivity index (χ0v) is 13.8. The van der Waals surface area contributed by atoms with Crippen molar-refractivity contribution in [2.24, 2.45) is 0 Å². The minimum atomic E-state index is -0.665. The topological polar surface area (TPSA) is 125 Å². The number of anilines is 1. The summed E-state index contributed by atoms with van der Waals surface area (Å²) in [5, 5.41) is 6.54. The summed E-state index contributed by atoms with van der Waals surface area (Å²) in [6, 6.07) is 5.68. The standard InChI is InChI=1S/C16H13N5O5/c1-25-14(23)9-6-10(15(24)26-2)8-11(7-9)18-13(22)12-19-16-17-4-3-5-21(16)20-12/h3-8H,1-2H3,(H,18,22). The van der Waals surface area contributed by atoms with Crippen LogP contribution in [0.15, 0.2) is 36.7 Å². The molecule has 10 nitrogen and oxygen atoms in total. The Kier molecular flexibility index (Phi) is 4.56. The number of nitrogens with zero attached hydrogens (tertiary/aromatic N) is 4. The molecule has 1 amide bonds. The number of methoxy groups -OCH3 is 2. The first-order valence-corrected chi connectivity index (χ1v) is 7.32. The van der Waals surface area contributed by atoms with Crippen LogP contribution in [0, 0.1) is 0 Å². The van der Waals surface area contributed by atoms with Crippen molar-refractivity contribution in [3.05, 3.63) is 53.6 Å². The number of fused-ring (bicyclic) bond motifs is 1. The van der Waals surface area contributed by atoms with E-state index in [1.54, 1.807) is 12.3 Å². The molecule has 0 aliphatic heterocycles. The van der Waals surface area contributed by atoms with E-state index in [9.17, 15) is 14.4 Å². The van der Waals surface area contributed by atoms with E-state index in [1.165, 1.54) is 43.1 Å². The molecule has 0 unspecified atom stereocenters. The molecule has 2 heterocycles. The van der Waals surface area contributed by atoms with Gasteiger partial charge in [0.05, 0.1) is 25.3 Å². The molecule has 2 aromatic heterocycles. The number of aromatic nitrogens is 4. The minimum Gasteiger partial charge on any atom is -0.465 e. The van der Waals surface area contributed by atoms with E-state index in [0.717, 1.165) is 0 Å². The smallest absolute Gasteiger partial charge is 0.337 e. The zero-order valence-electron chi connectivity index (χ0n) is 13.8. The van der Waals surface area contributed by atoms with Crippen molar-refractivity contribution >= 4 is 29.3 Å². The van der Waals surface area contributed by atoms with Gasteiger partial charge in [0.25, 0.3) is 11.7 Å². The third-order valence-electron chi connectivity index (χ3n) is 3.35. The average Bonchev–Trinajstić information content (AvgIpc) is 3.10. The summed E-state index contributed by atoms with van der Waals surface area (Å²) in [6.07, 6.45) is 3.12. The van der Waals surface area contributed by atoms with E-state index < -0.39 is 17.8 Å². The molecule has 0 radical (unpaired) electrons. The summed E-state index contributed by atoms with van der Waals surface area (Å²) in [5.41, 5.74) is 0.343. The maximum atomic E-state index is 12.4. The Bertz CT molecular complexity index is 946. The van der Waals surface area contributed by atoms with Crippen LogP contribution in [0.5, 0.6) is 0 Å². The van der Waals surface area contributed by atoms with Crippen molar-refractivity contribution in [2.75, 3.05) is 19.5 Å². The molecule has 0 bridgehead atoms. The summed E-state index contributed by atoms with van der Waals surface area (Å²) >= 11 is 0. The van der Waals surface area contributed by atoms with Gasteiger partial charge in [0, 0.05) is 18.1 Å². The van der Waals surface area contributed by atoms with E-state index in [2.05, 4.69) is 29.9 Å².